The molecular weight excluding hydrogens is 288 g/mol. The van der Waals surface area contributed by atoms with Crippen molar-refractivity contribution in [3.8, 4) is 0 Å². The van der Waals surface area contributed by atoms with Crippen molar-refractivity contribution < 1.29 is 4.79 Å². The van der Waals surface area contributed by atoms with E-state index in [1.54, 1.807) is 0 Å². The summed E-state index contributed by atoms with van der Waals surface area (Å²) >= 11 is 6.85. The molecule has 1 atom stereocenters. The van der Waals surface area contributed by atoms with Crippen molar-refractivity contribution in [2.24, 2.45) is 11.7 Å². The minimum Gasteiger partial charge on any atom is -0.393 e. The zero-order valence-electron chi connectivity index (χ0n) is 11.8. The molecule has 0 aliphatic rings. The van der Waals surface area contributed by atoms with Crippen molar-refractivity contribution in [3.05, 3.63) is 35.9 Å². The predicted octanol–water partition coefficient (Wildman–Crippen LogP) is 2.39. The summed E-state index contributed by atoms with van der Waals surface area (Å²) in [6.07, 6.45) is 4.74. The lowest BCUT2D eigenvalue weighted by Crippen LogP contribution is -2.39. The van der Waals surface area contributed by atoms with Gasteiger partial charge in [0.05, 0.1) is 10.9 Å². The van der Waals surface area contributed by atoms with Gasteiger partial charge in [-0.3, -0.25) is 4.79 Å². The average molecular weight is 310 g/mol. The summed E-state index contributed by atoms with van der Waals surface area (Å²) < 4.78 is 0. The average Bonchev–Trinajstić information content (AvgIpc) is 2.45. The fourth-order valence-electron chi connectivity index (χ4n) is 1.88. The highest BCUT2D eigenvalue weighted by Gasteiger charge is 2.21. The maximum Gasteiger partial charge on any atom is 0.230 e. The van der Waals surface area contributed by atoms with Crippen molar-refractivity contribution in [1.82, 2.24) is 5.32 Å². The van der Waals surface area contributed by atoms with Gasteiger partial charge in [0, 0.05) is 6.54 Å². The van der Waals surface area contributed by atoms with E-state index in [4.69, 9.17) is 18.0 Å². The second-order valence-corrected chi connectivity index (χ2v) is 6.09. The molecule has 20 heavy (non-hydrogen) atoms. The Morgan fingerprint density at radius 3 is 2.65 bits per heavy atom. The molecule has 110 valence electrons. The van der Waals surface area contributed by atoms with Crippen LogP contribution in [0.4, 0.5) is 0 Å². The lowest BCUT2D eigenvalue weighted by Gasteiger charge is -2.15. The maximum absolute atomic E-state index is 12.1. The fraction of sp³-hybridized carbons (Fsp3) is 0.467. The Morgan fingerprint density at radius 2 is 2.05 bits per heavy atom. The molecule has 1 amide bonds. The van der Waals surface area contributed by atoms with Gasteiger partial charge >= 0.3 is 0 Å². The van der Waals surface area contributed by atoms with Crippen LogP contribution >= 0.6 is 24.0 Å². The molecule has 0 aliphatic carbocycles. The number of thiocarbonyl (C=S) groups is 1. The Labute approximate surface area is 130 Å². The first kappa shape index (κ1) is 17.0. The predicted molar refractivity (Wildman–Crippen MR) is 91.0 cm³/mol. The smallest absolute Gasteiger partial charge is 0.230 e. The molecule has 3 N–H and O–H groups in total. The number of hydrogen-bond donors (Lipinski definition) is 2. The van der Waals surface area contributed by atoms with E-state index in [1.165, 1.54) is 0 Å². The molecule has 0 saturated carbocycles. The molecule has 0 spiro atoms. The number of nitrogens with one attached hydrogen (secondary N) is 1. The van der Waals surface area contributed by atoms with Crippen molar-refractivity contribution in [1.29, 1.82) is 0 Å². The van der Waals surface area contributed by atoms with Crippen LogP contribution in [-0.2, 0) is 11.2 Å². The molecule has 3 nitrogen and oxygen atoms in total. The minimum absolute atomic E-state index is 0.0643. The molecule has 5 heteroatoms. The van der Waals surface area contributed by atoms with Gasteiger partial charge in [-0.05, 0) is 36.8 Å². The van der Waals surface area contributed by atoms with E-state index in [0.29, 0.717) is 13.0 Å². The van der Waals surface area contributed by atoms with Crippen molar-refractivity contribution >= 4 is 34.9 Å². The van der Waals surface area contributed by atoms with E-state index in [1.807, 2.05) is 42.1 Å². The molecule has 1 rings (SSSR count). The quantitative estimate of drug-likeness (QED) is 0.543. The summed E-state index contributed by atoms with van der Waals surface area (Å²) in [4.78, 5) is 12.4. The second-order valence-electron chi connectivity index (χ2n) is 4.64. The molecule has 0 saturated heterocycles. The Morgan fingerprint density at radius 1 is 1.35 bits per heavy atom. The van der Waals surface area contributed by atoms with Gasteiger partial charge in [0.1, 0.15) is 0 Å². The van der Waals surface area contributed by atoms with Gasteiger partial charge in [0.15, 0.2) is 0 Å². The third-order valence-electron chi connectivity index (χ3n) is 3.02. The van der Waals surface area contributed by atoms with E-state index in [-0.39, 0.29) is 10.9 Å². The highest BCUT2D eigenvalue weighted by molar-refractivity contribution is 7.98. The Hall–Kier alpha value is -1.07. The van der Waals surface area contributed by atoms with Gasteiger partial charge < -0.3 is 11.1 Å². The van der Waals surface area contributed by atoms with Crippen LogP contribution in [-0.4, -0.2) is 29.4 Å². The lowest BCUT2D eigenvalue weighted by molar-refractivity contribution is -0.122. The number of thioether (sulfide) groups is 1. The first-order valence-electron chi connectivity index (χ1n) is 6.75. The minimum atomic E-state index is -0.423. The standard InChI is InChI=1S/C15H22N2OS2/c1-20-10-6-5-9-17-15(18)13(14(16)19)11-12-7-3-2-4-8-12/h2-4,7-8,13H,5-6,9-11H2,1H3,(H2,16,19)(H,17,18). The number of carbonyl (C=O) groups excluding carboxylic acids is 1. The Bertz CT molecular complexity index is 423. The molecule has 0 aliphatic heterocycles. The topological polar surface area (TPSA) is 55.1 Å². The largest absolute Gasteiger partial charge is 0.393 e. The van der Waals surface area contributed by atoms with E-state index in [0.717, 1.165) is 24.2 Å². The molecule has 0 aromatic heterocycles. The van der Waals surface area contributed by atoms with Crippen LogP contribution in [0.3, 0.4) is 0 Å². The van der Waals surface area contributed by atoms with Gasteiger partial charge in [0.2, 0.25) is 5.91 Å². The maximum atomic E-state index is 12.1. The fourth-order valence-corrected chi connectivity index (χ4v) is 2.56. The molecule has 0 fully saturated rings. The number of benzene rings is 1. The first-order chi connectivity index (χ1) is 9.65. The third-order valence-corrected chi connectivity index (χ3v) is 4.00. The van der Waals surface area contributed by atoms with Crippen LogP contribution < -0.4 is 11.1 Å². The van der Waals surface area contributed by atoms with Crippen molar-refractivity contribution in [2.75, 3.05) is 18.6 Å². The first-order valence-corrected chi connectivity index (χ1v) is 8.55. The van der Waals surface area contributed by atoms with Crippen LogP contribution in [0.1, 0.15) is 18.4 Å². The van der Waals surface area contributed by atoms with E-state index in [2.05, 4.69) is 11.6 Å². The van der Waals surface area contributed by atoms with E-state index >= 15 is 0 Å². The summed E-state index contributed by atoms with van der Waals surface area (Å²) in [5.74, 6) is 0.636. The van der Waals surface area contributed by atoms with Crippen LogP contribution in [0.5, 0.6) is 0 Å². The summed E-state index contributed by atoms with van der Waals surface area (Å²) in [6, 6.07) is 9.82. The summed E-state index contributed by atoms with van der Waals surface area (Å²) in [5.41, 5.74) is 6.78. The molecule has 1 unspecified atom stereocenters. The molecule has 0 heterocycles. The summed E-state index contributed by atoms with van der Waals surface area (Å²) in [7, 11) is 0. The van der Waals surface area contributed by atoms with Crippen LogP contribution in [0.2, 0.25) is 0 Å². The SMILES string of the molecule is CSCCCCNC(=O)C(Cc1ccccc1)C(N)=S. The third kappa shape index (κ3) is 6.39. The summed E-state index contributed by atoms with van der Waals surface area (Å²) in [6.45, 7) is 0.688. The van der Waals surface area contributed by atoms with Crippen molar-refractivity contribution in [2.45, 2.75) is 19.3 Å². The number of carbonyl (C=O) groups is 1. The van der Waals surface area contributed by atoms with Crippen molar-refractivity contribution in [3.63, 3.8) is 0 Å². The molecule has 1 aromatic carbocycles. The normalized spacial score (nSPS) is 11.8. The zero-order chi connectivity index (χ0) is 14.8. The number of hydrogen-bond acceptors (Lipinski definition) is 3. The van der Waals surface area contributed by atoms with Gasteiger partial charge in [-0.15, -0.1) is 0 Å². The lowest BCUT2D eigenvalue weighted by atomic mass is 9.98. The highest BCUT2D eigenvalue weighted by Crippen LogP contribution is 2.10. The molecular formula is C15H22N2OS2. The van der Waals surface area contributed by atoms with Crippen LogP contribution in [0.25, 0.3) is 0 Å². The monoisotopic (exact) mass is 310 g/mol. The van der Waals surface area contributed by atoms with Gasteiger partial charge in [-0.1, -0.05) is 42.5 Å². The highest BCUT2D eigenvalue weighted by atomic mass is 32.2. The van der Waals surface area contributed by atoms with Gasteiger partial charge in [-0.2, -0.15) is 11.8 Å². The summed E-state index contributed by atoms with van der Waals surface area (Å²) in [5, 5.41) is 2.93. The number of nitrogens with two attached hydrogens (primary N) is 1. The second kappa shape index (κ2) is 9.77. The van der Waals surface area contributed by atoms with Gasteiger partial charge in [-0.25, -0.2) is 0 Å². The van der Waals surface area contributed by atoms with Gasteiger partial charge in [0.25, 0.3) is 0 Å². The Kier molecular flexibility index (Phi) is 8.30. The molecule has 0 bridgehead atoms. The number of unbranched alkanes of at least 4 members (excludes halogenated alkanes) is 1. The van der Waals surface area contributed by atoms with E-state index in [9.17, 15) is 4.79 Å². The van der Waals surface area contributed by atoms with Crippen LogP contribution in [0, 0.1) is 5.92 Å². The Balaban J connectivity index is 2.45. The number of amides is 1. The zero-order valence-corrected chi connectivity index (χ0v) is 13.4. The molecule has 1 aromatic rings. The van der Waals surface area contributed by atoms with Crippen LogP contribution in [0.15, 0.2) is 30.3 Å². The number of rotatable bonds is 9. The molecule has 0 radical (unpaired) electrons. The van der Waals surface area contributed by atoms with E-state index < -0.39 is 5.92 Å².